The van der Waals surface area contributed by atoms with E-state index in [4.69, 9.17) is 4.74 Å². The van der Waals surface area contributed by atoms with Gasteiger partial charge in [-0.25, -0.2) is 4.98 Å². The number of amides is 1. The predicted molar refractivity (Wildman–Crippen MR) is 91.4 cm³/mol. The molecule has 2 aromatic rings. The van der Waals surface area contributed by atoms with Crippen molar-refractivity contribution in [3.05, 3.63) is 35.4 Å². The molecule has 1 heterocycles. The first-order valence-electron chi connectivity index (χ1n) is 7.29. The number of nitrogens with zero attached hydrogens (tertiary/aromatic N) is 1. The van der Waals surface area contributed by atoms with Gasteiger partial charge in [0.2, 0.25) is 5.91 Å². The summed E-state index contributed by atoms with van der Waals surface area (Å²) < 4.78 is 5.01. The van der Waals surface area contributed by atoms with Crippen LogP contribution in [0.4, 0.5) is 0 Å². The first-order valence-corrected chi connectivity index (χ1v) is 8.28. The molecule has 118 valence electrons. The number of carbonyl (C=O) groups excluding carboxylic acids is 1. The van der Waals surface area contributed by atoms with Crippen LogP contribution in [-0.4, -0.2) is 36.4 Å². The second-order valence-corrected chi connectivity index (χ2v) is 6.46. The van der Waals surface area contributed by atoms with E-state index in [0.717, 1.165) is 16.1 Å². The van der Waals surface area contributed by atoms with E-state index in [0.29, 0.717) is 12.4 Å². The Morgan fingerprint density at radius 2 is 2.14 bits per heavy atom. The van der Waals surface area contributed by atoms with Crippen LogP contribution < -0.4 is 5.32 Å². The highest BCUT2D eigenvalue weighted by Gasteiger charge is 2.10. The van der Waals surface area contributed by atoms with Gasteiger partial charge in [-0.2, -0.15) is 0 Å². The number of thioether (sulfide) groups is 1. The summed E-state index contributed by atoms with van der Waals surface area (Å²) in [4.78, 5) is 16.6. The molecule has 0 aliphatic heterocycles. The fourth-order valence-electron chi connectivity index (χ4n) is 2.35. The highest BCUT2D eigenvalue weighted by atomic mass is 32.2. The molecule has 1 aromatic heterocycles. The minimum atomic E-state index is -0.00103. The van der Waals surface area contributed by atoms with Crippen LogP contribution in [0.15, 0.2) is 29.3 Å². The lowest BCUT2D eigenvalue weighted by atomic mass is 10.1. The highest BCUT2D eigenvalue weighted by molar-refractivity contribution is 7.99. The summed E-state index contributed by atoms with van der Waals surface area (Å²) in [6.07, 6.45) is 0. The van der Waals surface area contributed by atoms with Gasteiger partial charge in [-0.3, -0.25) is 4.79 Å². The summed E-state index contributed by atoms with van der Waals surface area (Å²) in [5.41, 5.74) is 3.35. The molecule has 2 rings (SSSR count). The fraction of sp³-hybridized carbons (Fsp3) is 0.412. The summed E-state index contributed by atoms with van der Waals surface area (Å²) in [6, 6.07) is 8.24. The number of methoxy groups -OCH3 is 1. The van der Waals surface area contributed by atoms with Crippen LogP contribution in [0.2, 0.25) is 0 Å². The third kappa shape index (κ3) is 4.21. The number of nitrogens with one attached hydrogen (secondary N) is 1. The molecule has 1 amide bonds. The SMILES string of the molecule is COC[C@H](C)NC(=O)CSc1cc(C)c2cccc(C)c2n1. The van der Waals surface area contributed by atoms with Crippen molar-refractivity contribution in [2.45, 2.75) is 31.8 Å². The van der Waals surface area contributed by atoms with E-state index < -0.39 is 0 Å². The van der Waals surface area contributed by atoms with Crippen LogP contribution in [0.3, 0.4) is 0 Å². The lowest BCUT2D eigenvalue weighted by molar-refractivity contribution is -0.119. The molecule has 0 spiro atoms. The number of carbonyl (C=O) groups is 1. The molecule has 0 radical (unpaired) electrons. The summed E-state index contributed by atoms with van der Waals surface area (Å²) >= 11 is 1.46. The maximum Gasteiger partial charge on any atom is 0.230 e. The first-order chi connectivity index (χ1) is 10.5. The molecule has 0 unspecified atom stereocenters. The molecule has 1 aromatic carbocycles. The van der Waals surface area contributed by atoms with E-state index in [1.807, 2.05) is 19.1 Å². The van der Waals surface area contributed by atoms with Gasteiger partial charge in [-0.15, -0.1) is 0 Å². The van der Waals surface area contributed by atoms with Gasteiger partial charge in [0.25, 0.3) is 0 Å². The van der Waals surface area contributed by atoms with Gasteiger partial charge < -0.3 is 10.1 Å². The summed E-state index contributed by atoms with van der Waals surface area (Å²) in [6.45, 7) is 6.58. The number of benzene rings is 1. The molecule has 5 heteroatoms. The Balaban J connectivity index is 2.06. The Bertz CT molecular complexity index is 673. The summed E-state index contributed by atoms with van der Waals surface area (Å²) in [5, 5.41) is 4.95. The van der Waals surface area contributed by atoms with Gasteiger partial charge >= 0.3 is 0 Å². The van der Waals surface area contributed by atoms with Crippen molar-refractivity contribution in [3.63, 3.8) is 0 Å². The van der Waals surface area contributed by atoms with Gasteiger partial charge in [0.1, 0.15) is 0 Å². The minimum Gasteiger partial charge on any atom is -0.383 e. The van der Waals surface area contributed by atoms with Crippen molar-refractivity contribution in [2.24, 2.45) is 0 Å². The third-order valence-corrected chi connectivity index (χ3v) is 4.31. The normalized spacial score (nSPS) is 12.4. The zero-order chi connectivity index (χ0) is 16.1. The number of pyridine rings is 1. The Labute approximate surface area is 135 Å². The predicted octanol–water partition coefficient (Wildman–Crippen LogP) is 3.09. The Morgan fingerprint density at radius 3 is 2.86 bits per heavy atom. The molecule has 1 atom stereocenters. The molecule has 0 saturated heterocycles. The largest absolute Gasteiger partial charge is 0.383 e. The van der Waals surface area contributed by atoms with Crippen molar-refractivity contribution >= 4 is 28.6 Å². The Hall–Kier alpha value is -1.59. The zero-order valence-electron chi connectivity index (χ0n) is 13.5. The van der Waals surface area contributed by atoms with Crippen LogP contribution in [0.1, 0.15) is 18.1 Å². The van der Waals surface area contributed by atoms with E-state index >= 15 is 0 Å². The van der Waals surface area contributed by atoms with E-state index in [1.54, 1.807) is 7.11 Å². The van der Waals surface area contributed by atoms with Crippen molar-refractivity contribution in [1.29, 1.82) is 0 Å². The Kier molecular flexibility index (Phi) is 5.80. The number of hydrogen-bond acceptors (Lipinski definition) is 4. The van der Waals surface area contributed by atoms with Gasteiger partial charge in [-0.05, 0) is 38.0 Å². The first kappa shape index (κ1) is 16.8. The second kappa shape index (κ2) is 7.61. The molecular weight excluding hydrogens is 296 g/mol. The fourth-order valence-corrected chi connectivity index (χ4v) is 3.13. The van der Waals surface area contributed by atoms with Crippen LogP contribution >= 0.6 is 11.8 Å². The monoisotopic (exact) mass is 318 g/mol. The number of aryl methyl sites for hydroxylation is 2. The van der Waals surface area contributed by atoms with Crippen LogP contribution in [0.25, 0.3) is 10.9 Å². The molecule has 0 fully saturated rings. The maximum absolute atomic E-state index is 11.9. The number of rotatable bonds is 6. The van der Waals surface area contributed by atoms with Gasteiger partial charge in [0.05, 0.1) is 22.9 Å². The number of hydrogen-bond donors (Lipinski definition) is 1. The molecular formula is C17H22N2O2S. The van der Waals surface area contributed by atoms with Gasteiger partial charge in [0, 0.05) is 18.5 Å². The van der Waals surface area contributed by atoms with E-state index in [1.165, 1.54) is 22.7 Å². The van der Waals surface area contributed by atoms with Crippen molar-refractivity contribution in [3.8, 4) is 0 Å². The van der Waals surface area contributed by atoms with E-state index in [9.17, 15) is 4.79 Å². The molecule has 0 bridgehead atoms. The highest BCUT2D eigenvalue weighted by Crippen LogP contribution is 2.25. The van der Waals surface area contributed by atoms with Crippen molar-refractivity contribution in [1.82, 2.24) is 10.3 Å². The second-order valence-electron chi connectivity index (χ2n) is 5.46. The number of ether oxygens (including phenoxy) is 1. The summed E-state index contributed by atoms with van der Waals surface area (Å²) in [7, 11) is 1.63. The third-order valence-electron chi connectivity index (χ3n) is 3.40. The van der Waals surface area contributed by atoms with E-state index in [-0.39, 0.29) is 11.9 Å². The lowest BCUT2D eigenvalue weighted by Gasteiger charge is -2.12. The van der Waals surface area contributed by atoms with Gasteiger partial charge in [-0.1, -0.05) is 30.0 Å². The number of aromatic nitrogens is 1. The van der Waals surface area contributed by atoms with Crippen molar-refractivity contribution < 1.29 is 9.53 Å². The van der Waals surface area contributed by atoms with Crippen molar-refractivity contribution in [2.75, 3.05) is 19.5 Å². The summed E-state index contributed by atoms with van der Waals surface area (Å²) in [5.74, 6) is 0.358. The van der Waals surface area contributed by atoms with Crippen LogP contribution in [0.5, 0.6) is 0 Å². The van der Waals surface area contributed by atoms with Crippen LogP contribution in [-0.2, 0) is 9.53 Å². The van der Waals surface area contributed by atoms with Crippen LogP contribution in [0, 0.1) is 13.8 Å². The smallest absolute Gasteiger partial charge is 0.230 e. The molecule has 0 saturated carbocycles. The Morgan fingerprint density at radius 1 is 1.36 bits per heavy atom. The zero-order valence-corrected chi connectivity index (χ0v) is 14.3. The number of fused-ring (bicyclic) bond motifs is 1. The topological polar surface area (TPSA) is 51.2 Å². The molecule has 22 heavy (non-hydrogen) atoms. The molecule has 0 aliphatic rings. The average molecular weight is 318 g/mol. The quantitative estimate of drug-likeness (QED) is 0.832. The molecule has 4 nitrogen and oxygen atoms in total. The molecule has 1 N–H and O–H groups in total. The standard InChI is InChI=1S/C17H22N2O2S/c1-11-6-5-7-14-12(2)8-16(19-17(11)14)22-10-15(20)18-13(3)9-21-4/h5-8,13H,9-10H2,1-4H3,(H,18,20)/t13-/m0/s1. The minimum absolute atomic E-state index is 0.00103. The van der Waals surface area contributed by atoms with E-state index in [2.05, 4.69) is 36.3 Å². The maximum atomic E-state index is 11.9. The lowest BCUT2D eigenvalue weighted by Crippen LogP contribution is -2.36. The van der Waals surface area contributed by atoms with Gasteiger partial charge in [0.15, 0.2) is 0 Å². The molecule has 0 aliphatic carbocycles. The number of para-hydroxylation sites is 1. The average Bonchev–Trinajstić information content (AvgIpc) is 2.46.